The summed E-state index contributed by atoms with van der Waals surface area (Å²) in [5.74, 6) is 0. The first-order valence-corrected chi connectivity index (χ1v) is 2.52. The van der Waals surface area contributed by atoms with Gasteiger partial charge in [-0.2, -0.15) is 0 Å². The van der Waals surface area contributed by atoms with Crippen molar-refractivity contribution < 1.29 is 14.3 Å². The first-order valence-electron chi connectivity index (χ1n) is 2.52. The predicted molar refractivity (Wildman–Crippen MR) is 38.5 cm³/mol. The van der Waals surface area contributed by atoms with Crippen LogP contribution in [-0.4, -0.2) is 19.7 Å². The highest BCUT2D eigenvalue weighted by Crippen LogP contribution is 1.53. The standard InChI is InChI=1S/C4H4O2.C3H6O/c5-3-1-2-4-6;1-3-4-2/h1-4H;3H,1H2,2H3/b2-1-;. The summed E-state index contributed by atoms with van der Waals surface area (Å²) in [4.78, 5) is 18.6. The van der Waals surface area contributed by atoms with Crippen molar-refractivity contribution in [1.29, 1.82) is 0 Å². The third-order valence-electron chi connectivity index (χ3n) is 0.435. The fourth-order valence-electron chi connectivity index (χ4n) is 0.0907. The second-order valence-electron chi connectivity index (χ2n) is 1.06. The van der Waals surface area contributed by atoms with E-state index in [1.807, 2.05) is 0 Å². The molecule has 56 valence electrons. The van der Waals surface area contributed by atoms with Crippen molar-refractivity contribution in [3.63, 3.8) is 0 Å². The van der Waals surface area contributed by atoms with Crippen LogP contribution in [0, 0.1) is 0 Å². The van der Waals surface area contributed by atoms with E-state index >= 15 is 0 Å². The van der Waals surface area contributed by atoms with E-state index in [1.165, 1.54) is 6.26 Å². The van der Waals surface area contributed by atoms with Crippen molar-refractivity contribution in [3.05, 3.63) is 25.0 Å². The lowest BCUT2D eigenvalue weighted by Gasteiger charge is -1.73. The zero-order valence-electron chi connectivity index (χ0n) is 5.82. The molecule has 0 radical (unpaired) electrons. The number of carbonyl (C=O) groups is 2. The topological polar surface area (TPSA) is 43.4 Å². The van der Waals surface area contributed by atoms with E-state index < -0.39 is 0 Å². The van der Waals surface area contributed by atoms with Crippen LogP contribution in [0.5, 0.6) is 0 Å². The molecule has 0 fully saturated rings. The number of aldehydes is 2. The molecule has 0 bridgehead atoms. The largest absolute Gasteiger partial charge is 0.505 e. The van der Waals surface area contributed by atoms with Gasteiger partial charge in [0.15, 0.2) is 0 Å². The molecule has 3 nitrogen and oxygen atoms in total. The molecule has 0 aromatic rings. The van der Waals surface area contributed by atoms with Crippen molar-refractivity contribution >= 4 is 12.6 Å². The third kappa shape index (κ3) is 30.5. The van der Waals surface area contributed by atoms with Crippen LogP contribution in [0.4, 0.5) is 0 Å². The van der Waals surface area contributed by atoms with E-state index in [0.717, 1.165) is 12.2 Å². The molecule has 0 aliphatic rings. The molecular weight excluding hydrogens is 132 g/mol. The van der Waals surface area contributed by atoms with Gasteiger partial charge >= 0.3 is 0 Å². The summed E-state index contributed by atoms with van der Waals surface area (Å²) in [6.07, 6.45) is 4.74. The molecule has 0 aliphatic heterocycles. The van der Waals surface area contributed by atoms with Crippen molar-refractivity contribution in [3.8, 4) is 0 Å². The molecule has 0 heterocycles. The average Bonchev–Trinajstić information content (AvgIpc) is 2.01. The molecule has 0 amide bonds. The number of carbonyl (C=O) groups excluding carboxylic acids is 2. The summed E-state index contributed by atoms with van der Waals surface area (Å²) in [5.41, 5.74) is 0. The second-order valence-corrected chi connectivity index (χ2v) is 1.06. The molecule has 0 unspecified atom stereocenters. The molecule has 0 saturated carbocycles. The summed E-state index contributed by atoms with van der Waals surface area (Å²) >= 11 is 0. The Morgan fingerprint density at radius 2 is 1.50 bits per heavy atom. The maximum absolute atomic E-state index is 9.32. The van der Waals surface area contributed by atoms with Crippen LogP contribution >= 0.6 is 0 Å². The van der Waals surface area contributed by atoms with Crippen molar-refractivity contribution in [2.75, 3.05) is 7.11 Å². The van der Waals surface area contributed by atoms with Gasteiger partial charge in [-0.25, -0.2) is 0 Å². The number of methoxy groups -OCH3 is 1. The monoisotopic (exact) mass is 142 g/mol. The highest BCUT2D eigenvalue weighted by molar-refractivity contribution is 5.75. The lowest BCUT2D eigenvalue weighted by molar-refractivity contribution is -0.106. The summed E-state index contributed by atoms with van der Waals surface area (Å²) in [6, 6.07) is 0. The zero-order chi connectivity index (χ0) is 8.24. The van der Waals surface area contributed by atoms with Crippen LogP contribution in [0.1, 0.15) is 0 Å². The highest BCUT2D eigenvalue weighted by atomic mass is 16.5. The Kier molecular flexibility index (Phi) is 17.9. The second kappa shape index (κ2) is 15.6. The summed E-state index contributed by atoms with van der Waals surface area (Å²) in [7, 11) is 1.56. The lowest BCUT2D eigenvalue weighted by atomic mass is 10.6. The fourth-order valence-corrected chi connectivity index (χ4v) is 0.0907. The number of hydrogen-bond acceptors (Lipinski definition) is 3. The van der Waals surface area contributed by atoms with E-state index in [4.69, 9.17) is 0 Å². The molecule has 0 aliphatic carbocycles. The molecule has 0 atom stereocenters. The van der Waals surface area contributed by atoms with Crippen molar-refractivity contribution in [2.24, 2.45) is 0 Å². The van der Waals surface area contributed by atoms with Crippen LogP contribution in [0.15, 0.2) is 25.0 Å². The van der Waals surface area contributed by atoms with Crippen LogP contribution in [-0.2, 0) is 14.3 Å². The minimum atomic E-state index is 0.550. The van der Waals surface area contributed by atoms with Crippen LogP contribution in [0.25, 0.3) is 0 Å². The van der Waals surface area contributed by atoms with Crippen molar-refractivity contribution in [2.45, 2.75) is 0 Å². The van der Waals surface area contributed by atoms with Crippen molar-refractivity contribution in [1.82, 2.24) is 0 Å². The van der Waals surface area contributed by atoms with E-state index in [-0.39, 0.29) is 0 Å². The van der Waals surface area contributed by atoms with E-state index in [9.17, 15) is 9.59 Å². The van der Waals surface area contributed by atoms with Gasteiger partial charge in [0.1, 0.15) is 12.6 Å². The number of ether oxygens (including phenoxy) is 1. The van der Waals surface area contributed by atoms with Crippen LogP contribution in [0.3, 0.4) is 0 Å². The van der Waals surface area contributed by atoms with Gasteiger partial charge in [-0.3, -0.25) is 9.59 Å². The van der Waals surface area contributed by atoms with E-state index in [2.05, 4.69) is 11.3 Å². The molecule has 0 rings (SSSR count). The van der Waals surface area contributed by atoms with Gasteiger partial charge in [0.25, 0.3) is 0 Å². The van der Waals surface area contributed by atoms with Gasteiger partial charge in [0.05, 0.1) is 13.4 Å². The first kappa shape index (κ1) is 11.4. The fraction of sp³-hybridized carbons (Fsp3) is 0.143. The molecule has 0 saturated heterocycles. The first-order chi connectivity index (χ1) is 4.83. The Balaban J connectivity index is 0. The zero-order valence-corrected chi connectivity index (χ0v) is 5.82. The Bertz CT molecular complexity index is 106. The minimum absolute atomic E-state index is 0.550. The summed E-state index contributed by atoms with van der Waals surface area (Å²) < 4.78 is 4.31. The third-order valence-corrected chi connectivity index (χ3v) is 0.435. The molecule has 0 N–H and O–H groups in total. The van der Waals surface area contributed by atoms with Gasteiger partial charge < -0.3 is 4.74 Å². The molecule has 0 aromatic heterocycles. The van der Waals surface area contributed by atoms with Gasteiger partial charge in [0.2, 0.25) is 0 Å². The smallest absolute Gasteiger partial charge is 0.142 e. The Morgan fingerprint density at radius 1 is 1.20 bits per heavy atom. The highest BCUT2D eigenvalue weighted by Gasteiger charge is 1.56. The van der Waals surface area contributed by atoms with Gasteiger partial charge in [-0.15, -0.1) is 0 Å². The SMILES string of the molecule is C=COC.O=C/C=C\C=O. The number of allylic oxidation sites excluding steroid dienone is 2. The normalized spacial score (nSPS) is 7.30. The summed E-state index contributed by atoms with van der Waals surface area (Å²) in [6.45, 7) is 3.26. The lowest BCUT2D eigenvalue weighted by Crippen LogP contribution is -1.59. The molecule has 3 heteroatoms. The van der Waals surface area contributed by atoms with Gasteiger partial charge in [0, 0.05) is 0 Å². The number of hydrogen-bond donors (Lipinski definition) is 0. The summed E-state index contributed by atoms with van der Waals surface area (Å²) in [5, 5.41) is 0. The van der Waals surface area contributed by atoms with E-state index in [0.29, 0.717) is 12.6 Å². The molecular formula is C7H10O3. The molecule has 0 spiro atoms. The minimum Gasteiger partial charge on any atom is -0.505 e. The maximum atomic E-state index is 9.32. The maximum Gasteiger partial charge on any atom is 0.142 e. The van der Waals surface area contributed by atoms with E-state index in [1.54, 1.807) is 7.11 Å². The number of rotatable bonds is 3. The Hall–Kier alpha value is -1.38. The Morgan fingerprint density at radius 3 is 1.60 bits per heavy atom. The van der Waals surface area contributed by atoms with Crippen LogP contribution < -0.4 is 0 Å². The predicted octanol–water partition coefficient (Wildman–Crippen LogP) is 0.717. The quantitative estimate of drug-likeness (QED) is 0.331. The average molecular weight is 142 g/mol. The van der Waals surface area contributed by atoms with Gasteiger partial charge in [-0.05, 0) is 12.2 Å². The molecule has 10 heavy (non-hydrogen) atoms. The Labute approximate surface area is 60.0 Å². The molecule has 0 aromatic carbocycles. The van der Waals surface area contributed by atoms with Crippen LogP contribution in [0.2, 0.25) is 0 Å². The van der Waals surface area contributed by atoms with Gasteiger partial charge in [-0.1, -0.05) is 6.58 Å².